The molecule has 0 saturated carbocycles. The fourth-order valence-electron chi connectivity index (χ4n) is 1.09. The van der Waals surface area contributed by atoms with Gasteiger partial charge in [0, 0.05) is 6.61 Å². The maximum Gasteiger partial charge on any atom is 0.129 e. The molecular formula is C10H17NO2. The molecule has 0 amide bonds. The second kappa shape index (κ2) is 5.78. The van der Waals surface area contributed by atoms with Gasteiger partial charge in [-0.25, -0.2) is 0 Å². The van der Waals surface area contributed by atoms with Gasteiger partial charge in [0.25, 0.3) is 0 Å². The lowest BCUT2D eigenvalue weighted by Crippen LogP contribution is -2.03. The summed E-state index contributed by atoms with van der Waals surface area (Å²) < 4.78 is 10.8. The fraction of sp³-hybridized carbons (Fsp3) is 0.600. The van der Waals surface area contributed by atoms with Crippen molar-refractivity contribution in [3.63, 3.8) is 0 Å². The van der Waals surface area contributed by atoms with Crippen molar-refractivity contribution in [2.75, 3.05) is 13.7 Å². The van der Waals surface area contributed by atoms with Crippen molar-refractivity contribution in [3.05, 3.63) is 23.7 Å². The zero-order valence-electron chi connectivity index (χ0n) is 8.30. The van der Waals surface area contributed by atoms with E-state index in [2.05, 4.69) is 12.2 Å². The van der Waals surface area contributed by atoms with Crippen LogP contribution in [-0.2, 0) is 17.9 Å². The molecule has 0 spiro atoms. The van der Waals surface area contributed by atoms with Crippen LogP contribution in [-0.4, -0.2) is 13.7 Å². The summed E-state index contributed by atoms with van der Waals surface area (Å²) in [6.07, 6.45) is 1.05. The maximum atomic E-state index is 5.48. The Morgan fingerprint density at radius 1 is 1.38 bits per heavy atom. The highest BCUT2D eigenvalue weighted by Crippen LogP contribution is 2.08. The van der Waals surface area contributed by atoms with Crippen LogP contribution in [0.1, 0.15) is 24.9 Å². The molecule has 0 bridgehead atoms. The van der Waals surface area contributed by atoms with E-state index in [1.807, 2.05) is 19.2 Å². The summed E-state index contributed by atoms with van der Waals surface area (Å²) in [4.78, 5) is 0. The maximum absolute atomic E-state index is 5.48. The zero-order chi connectivity index (χ0) is 9.52. The van der Waals surface area contributed by atoms with Crippen LogP contribution in [0.4, 0.5) is 0 Å². The molecule has 3 nitrogen and oxygen atoms in total. The normalized spacial score (nSPS) is 10.6. The van der Waals surface area contributed by atoms with Crippen LogP contribution in [0, 0.1) is 0 Å². The number of ether oxygens (including phenoxy) is 1. The highest BCUT2D eigenvalue weighted by Gasteiger charge is 2.00. The van der Waals surface area contributed by atoms with Crippen molar-refractivity contribution in [1.82, 2.24) is 5.32 Å². The molecule has 13 heavy (non-hydrogen) atoms. The number of furan rings is 1. The molecule has 1 rings (SSSR count). The summed E-state index contributed by atoms with van der Waals surface area (Å²) in [6.45, 7) is 4.24. The summed E-state index contributed by atoms with van der Waals surface area (Å²) in [5.41, 5.74) is 0. The van der Waals surface area contributed by atoms with Gasteiger partial charge in [0.05, 0.1) is 6.54 Å². The predicted octanol–water partition coefficient (Wildman–Crippen LogP) is 1.93. The van der Waals surface area contributed by atoms with E-state index in [-0.39, 0.29) is 0 Å². The van der Waals surface area contributed by atoms with Crippen molar-refractivity contribution in [1.29, 1.82) is 0 Å². The van der Waals surface area contributed by atoms with E-state index in [0.717, 1.165) is 31.1 Å². The monoisotopic (exact) mass is 183 g/mol. The molecule has 0 atom stereocenters. The molecule has 3 heteroatoms. The number of rotatable bonds is 6. The molecule has 1 N–H and O–H groups in total. The minimum absolute atomic E-state index is 0.581. The average Bonchev–Trinajstić information content (AvgIpc) is 2.54. The third-order valence-electron chi connectivity index (χ3n) is 1.66. The second-order valence-electron chi connectivity index (χ2n) is 2.95. The standard InChI is InChI=1S/C10H17NO2/c1-3-6-12-8-10-5-4-9(13-10)7-11-2/h4-5,11H,3,6-8H2,1-2H3. The van der Waals surface area contributed by atoms with Crippen molar-refractivity contribution in [2.24, 2.45) is 0 Å². The molecule has 0 aromatic carbocycles. The molecule has 0 fully saturated rings. The Labute approximate surface area is 79.1 Å². The highest BCUT2D eigenvalue weighted by molar-refractivity contribution is 5.06. The van der Waals surface area contributed by atoms with E-state index in [1.54, 1.807) is 0 Å². The van der Waals surface area contributed by atoms with Crippen molar-refractivity contribution < 1.29 is 9.15 Å². The van der Waals surface area contributed by atoms with Gasteiger partial charge in [-0.3, -0.25) is 0 Å². The molecule has 0 saturated heterocycles. The molecule has 0 aliphatic heterocycles. The van der Waals surface area contributed by atoms with Crippen LogP contribution in [0.5, 0.6) is 0 Å². The van der Waals surface area contributed by atoms with Crippen molar-refractivity contribution in [2.45, 2.75) is 26.5 Å². The van der Waals surface area contributed by atoms with Crippen LogP contribution in [0.15, 0.2) is 16.5 Å². The average molecular weight is 183 g/mol. The third-order valence-corrected chi connectivity index (χ3v) is 1.66. The Hall–Kier alpha value is -0.800. The van der Waals surface area contributed by atoms with E-state index >= 15 is 0 Å². The van der Waals surface area contributed by atoms with Crippen LogP contribution >= 0.6 is 0 Å². The van der Waals surface area contributed by atoms with Crippen molar-refractivity contribution >= 4 is 0 Å². The summed E-state index contributed by atoms with van der Waals surface area (Å²) in [5.74, 6) is 1.86. The lowest BCUT2D eigenvalue weighted by atomic mass is 10.4. The summed E-state index contributed by atoms with van der Waals surface area (Å²) in [6, 6.07) is 3.93. The topological polar surface area (TPSA) is 34.4 Å². The van der Waals surface area contributed by atoms with Gasteiger partial charge in [-0.1, -0.05) is 6.92 Å². The highest BCUT2D eigenvalue weighted by atomic mass is 16.5. The Bertz CT molecular complexity index is 233. The fourth-order valence-corrected chi connectivity index (χ4v) is 1.09. The summed E-state index contributed by atoms with van der Waals surface area (Å²) in [5, 5.41) is 3.03. The molecular weight excluding hydrogens is 166 g/mol. The first kappa shape index (κ1) is 10.3. The van der Waals surface area contributed by atoms with Crippen LogP contribution in [0.2, 0.25) is 0 Å². The Morgan fingerprint density at radius 2 is 2.15 bits per heavy atom. The van der Waals surface area contributed by atoms with Crippen LogP contribution in [0.25, 0.3) is 0 Å². The minimum atomic E-state index is 0.581. The lowest BCUT2D eigenvalue weighted by molar-refractivity contribution is 0.106. The molecule has 0 aliphatic carbocycles. The Morgan fingerprint density at radius 3 is 2.85 bits per heavy atom. The second-order valence-corrected chi connectivity index (χ2v) is 2.95. The number of hydrogen-bond donors (Lipinski definition) is 1. The molecule has 74 valence electrons. The van der Waals surface area contributed by atoms with Gasteiger partial charge >= 0.3 is 0 Å². The SMILES string of the molecule is CCCOCc1ccc(CNC)o1. The van der Waals surface area contributed by atoms with Gasteiger partial charge < -0.3 is 14.5 Å². The molecule has 1 aromatic heterocycles. The molecule has 0 aliphatic rings. The van der Waals surface area contributed by atoms with Crippen LogP contribution in [0.3, 0.4) is 0 Å². The van der Waals surface area contributed by atoms with Gasteiger partial charge in [0.2, 0.25) is 0 Å². The first-order valence-electron chi connectivity index (χ1n) is 4.66. The largest absolute Gasteiger partial charge is 0.462 e. The first-order valence-corrected chi connectivity index (χ1v) is 4.66. The van der Waals surface area contributed by atoms with E-state index in [1.165, 1.54) is 0 Å². The molecule has 1 heterocycles. The zero-order valence-corrected chi connectivity index (χ0v) is 8.30. The van der Waals surface area contributed by atoms with Gasteiger partial charge in [-0.15, -0.1) is 0 Å². The summed E-state index contributed by atoms with van der Waals surface area (Å²) >= 11 is 0. The lowest BCUT2D eigenvalue weighted by Gasteiger charge is -1.98. The van der Waals surface area contributed by atoms with Crippen LogP contribution < -0.4 is 5.32 Å². The van der Waals surface area contributed by atoms with Gasteiger partial charge in [-0.05, 0) is 25.6 Å². The smallest absolute Gasteiger partial charge is 0.129 e. The van der Waals surface area contributed by atoms with Gasteiger partial charge in [0.1, 0.15) is 18.1 Å². The number of hydrogen-bond acceptors (Lipinski definition) is 3. The Kier molecular flexibility index (Phi) is 4.57. The van der Waals surface area contributed by atoms with E-state index in [9.17, 15) is 0 Å². The predicted molar refractivity (Wildman–Crippen MR) is 51.4 cm³/mol. The van der Waals surface area contributed by atoms with E-state index in [4.69, 9.17) is 9.15 Å². The summed E-state index contributed by atoms with van der Waals surface area (Å²) in [7, 11) is 1.90. The molecule has 0 radical (unpaired) electrons. The third kappa shape index (κ3) is 3.61. The minimum Gasteiger partial charge on any atom is -0.462 e. The molecule has 0 unspecified atom stereocenters. The Balaban J connectivity index is 2.31. The van der Waals surface area contributed by atoms with E-state index in [0.29, 0.717) is 6.61 Å². The quantitative estimate of drug-likeness (QED) is 0.684. The van der Waals surface area contributed by atoms with Crippen molar-refractivity contribution in [3.8, 4) is 0 Å². The molecule has 1 aromatic rings. The van der Waals surface area contributed by atoms with E-state index < -0.39 is 0 Å². The first-order chi connectivity index (χ1) is 6.36. The van der Waals surface area contributed by atoms with Gasteiger partial charge in [-0.2, -0.15) is 0 Å². The van der Waals surface area contributed by atoms with Gasteiger partial charge in [0.15, 0.2) is 0 Å². The number of nitrogens with one attached hydrogen (secondary N) is 1.